The smallest absolute Gasteiger partial charge is 0.0991 e. The predicted octanol–water partition coefficient (Wildman–Crippen LogP) is 2.23. The van der Waals surface area contributed by atoms with E-state index in [0.29, 0.717) is 6.54 Å². The summed E-state index contributed by atoms with van der Waals surface area (Å²) in [5, 5.41) is 16.5. The highest BCUT2D eigenvalue weighted by Gasteiger charge is 2.07. The first kappa shape index (κ1) is 14.3. The van der Waals surface area contributed by atoms with E-state index < -0.39 is 0 Å². The molecule has 0 radical (unpaired) electrons. The molecule has 1 unspecified atom stereocenters. The fraction of sp³-hybridized carbons (Fsp3) is 0.250. The third-order valence-corrected chi connectivity index (χ3v) is 3.54. The van der Waals surface area contributed by atoms with Crippen LogP contribution in [0, 0.1) is 0 Å². The Balaban J connectivity index is 1.67. The summed E-state index contributed by atoms with van der Waals surface area (Å²) < 4.78 is 3.69. The van der Waals surface area contributed by atoms with Crippen LogP contribution in [0.15, 0.2) is 55.4 Å². The number of aliphatic hydroxyl groups excluding tert-OH is 1. The molecule has 0 saturated carbocycles. The number of aromatic nitrogens is 4. The van der Waals surface area contributed by atoms with Crippen molar-refractivity contribution < 1.29 is 5.11 Å². The van der Waals surface area contributed by atoms with Gasteiger partial charge in [-0.1, -0.05) is 12.1 Å². The van der Waals surface area contributed by atoms with Gasteiger partial charge in [-0.25, -0.2) is 4.98 Å². The van der Waals surface area contributed by atoms with E-state index in [-0.39, 0.29) is 12.6 Å². The zero-order valence-corrected chi connectivity index (χ0v) is 12.4. The molecule has 0 fully saturated rings. The fourth-order valence-electron chi connectivity index (χ4n) is 2.34. The quantitative estimate of drug-likeness (QED) is 0.732. The molecule has 0 spiro atoms. The molecule has 3 rings (SSSR count). The summed E-state index contributed by atoms with van der Waals surface area (Å²) >= 11 is 0. The molecular formula is C16H19N5O. The Hall–Kier alpha value is -2.60. The van der Waals surface area contributed by atoms with E-state index in [9.17, 15) is 0 Å². The van der Waals surface area contributed by atoms with Crippen molar-refractivity contribution >= 4 is 5.69 Å². The summed E-state index contributed by atoms with van der Waals surface area (Å²) in [5.74, 6) is 0. The van der Waals surface area contributed by atoms with Gasteiger partial charge in [-0.05, 0) is 24.6 Å². The van der Waals surface area contributed by atoms with Crippen molar-refractivity contribution in [2.75, 3.05) is 11.9 Å². The van der Waals surface area contributed by atoms with Gasteiger partial charge >= 0.3 is 0 Å². The molecule has 2 aromatic heterocycles. The second-order valence-electron chi connectivity index (χ2n) is 5.14. The maximum atomic E-state index is 8.91. The molecule has 0 aliphatic carbocycles. The van der Waals surface area contributed by atoms with Crippen LogP contribution in [-0.2, 0) is 6.54 Å². The fourth-order valence-corrected chi connectivity index (χ4v) is 2.34. The molecule has 2 N–H and O–H groups in total. The highest BCUT2D eigenvalue weighted by Crippen LogP contribution is 2.20. The first-order valence-corrected chi connectivity index (χ1v) is 7.24. The number of imidazole rings is 1. The molecule has 22 heavy (non-hydrogen) atoms. The topological polar surface area (TPSA) is 67.9 Å². The minimum atomic E-state index is 0.0897. The van der Waals surface area contributed by atoms with Gasteiger partial charge in [0.2, 0.25) is 0 Å². The van der Waals surface area contributed by atoms with Crippen LogP contribution >= 0.6 is 0 Å². The van der Waals surface area contributed by atoms with Gasteiger partial charge < -0.3 is 15.0 Å². The van der Waals surface area contributed by atoms with Crippen molar-refractivity contribution in [2.24, 2.45) is 0 Å². The molecule has 6 nitrogen and oxygen atoms in total. The van der Waals surface area contributed by atoms with E-state index in [1.165, 1.54) is 5.56 Å². The SMILES string of the molecule is CC(Nc1cnn(CCO)c1)c1ccc(-n2ccnc2)cc1. The number of rotatable bonds is 6. The number of nitrogens with one attached hydrogen (secondary N) is 1. The van der Waals surface area contributed by atoms with Crippen LogP contribution < -0.4 is 5.32 Å². The van der Waals surface area contributed by atoms with Gasteiger partial charge in [-0.2, -0.15) is 5.10 Å². The molecule has 1 aromatic carbocycles. The molecule has 2 heterocycles. The molecule has 0 bridgehead atoms. The van der Waals surface area contributed by atoms with Crippen LogP contribution in [0.3, 0.4) is 0 Å². The molecule has 0 aliphatic rings. The second kappa shape index (κ2) is 6.44. The Labute approximate surface area is 129 Å². The van der Waals surface area contributed by atoms with Crippen molar-refractivity contribution in [2.45, 2.75) is 19.5 Å². The number of hydrogen-bond acceptors (Lipinski definition) is 4. The summed E-state index contributed by atoms with van der Waals surface area (Å²) in [5.41, 5.74) is 3.22. The van der Waals surface area contributed by atoms with Crippen molar-refractivity contribution in [3.05, 3.63) is 60.9 Å². The van der Waals surface area contributed by atoms with Gasteiger partial charge in [0.25, 0.3) is 0 Å². The Morgan fingerprint density at radius 3 is 2.77 bits per heavy atom. The van der Waals surface area contributed by atoms with Crippen molar-refractivity contribution in [3.8, 4) is 5.69 Å². The van der Waals surface area contributed by atoms with Crippen molar-refractivity contribution in [3.63, 3.8) is 0 Å². The van der Waals surface area contributed by atoms with Gasteiger partial charge in [0.15, 0.2) is 0 Å². The number of aliphatic hydroxyl groups is 1. The largest absolute Gasteiger partial charge is 0.394 e. The van der Waals surface area contributed by atoms with E-state index in [2.05, 4.69) is 46.6 Å². The first-order valence-electron chi connectivity index (χ1n) is 7.24. The van der Waals surface area contributed by atoms with E-state index in [1.54, 1.807) is 23.4 Å². The van der Waals surface area contributed by atoms with Gasteiger partial charge in [0.1, 0.15) is 0 Å². The standard InChI is InChI=1S/C16H19N5O/c1-13(19-15-10-18-21(11-15)8-9-22)14-2-4-16(5-3-14)20-7-6-17-12-20/h2-7,10-13,19,22H,8-9H2,1H3. The molecule has 3 aromatic rings. The molecular weight excluding hydrogens is 278 g/mol. The lowest BCUT2D eigenvalue weighted by atomic mass is 10.1. The molecule has 0 amide bonds. The Morgan fingerprint density at radius 1 is 1.27 bits per heavy atom. The lowest BCUT2D eigenvalue weighted by Crippen LogP contribution is -2.06. The van der Waals surface area contributed by atoms with E-state index in [1.807, 2.05) is 17.0 Å². The molecule has 1 atom stereocenters. The third-order valence-electron chi connectivity index (χ3n) is 3.54. The van der Waals surface area contributed by atoms with Gasteiger partial charge in [0, 0.05) is 30.3 Å². The molecule has 114 valence electrons. The lowest BCUT2D eigenvalue weighted by Gasteiger charge is -2.14. The molecule has 0 saturated heterocycles. The average molecular weight is 297 g/mol. The summed E-state index contributed by atoms with van der Waals surface area (Å²) in [6.45, 7) is 2.71. The summed E-state index contributed by atoms with van der Waals surface area (Å²) in [6.07, 6.45) is 9.14. The van der Waals surface area contributed by atoms with Crippen LogP contribution in [0.4, 0.5) is 5.69 Å². The van der Waals surface area contributed by atoms with E-state index in [0.717, 1.165) is 11.4 Å². The van der Waals surface area contributed by atoms with Crippen LogP contribution in [-0.4, -0.2) is 31.0 Å². The number of benzene rings is 1. The maximum Gasteiger partial charge on any atom is 0.0991 e. The average Bonchev–Trinajstić information content (AvgIpc) is 3.20. The third kappa shape index (κ3) is 3.17. The van der Waals surface area contributed by atoms with Gasteiger partial charge in [-0.3, -0.25) is 4.68 Å². The highest BCUT2D eigenvalue weighted by atomic mass is 16.3. The zero-order valence-electron chi connectivity index (χ0n) is 12.4. The summed E-state index contributed by atoms with van der Waals surface area (Å²) in [7, 11) is 0. The van der Waals surface area contributed by atoms with Crippen LogP contribution in [0.25, 0.3) is 5.69 Å². The molecule has 0 aliphatic heterocycles. The normalized spacial score (nSPS) is 12.3. The zero-order chi connectivity index (χ0) is 15.4. The maximum absolute atomic E-state index is 8.91. The second-order valence-corrected chi connectivity index (χ2v) is 5.14. The minimum Gasteiger partial charge on any atom is -0.394 e. The van der Waals surface area contributed by atoms with E-state index >= 15 is 0 Å². The molecule has 6 heteroatoms. The van der Waals surface area contributed by atoms with Gasteiger partial charge in [0.05, 0.1) is 31.4 Å². The Bertz CT molecular complexity index is 702. The van der Waals surface area contributed by atoms with Gasteiger partial charge in [-0.15, -0.1) is 0 Å². The van der Waals surface area contributed by atoms with Crippen LogP contribution in [0.2, 0.25) is 0 Å². The number of nitrogens with zero attached hydrogens (tertiary/aromatic N) is 4. The van der Waals surface area contributed by atoms with Crippen molar-refractivity contribution in [1.82, 2.24) is 19.3 Å². The summed E-state index contributed by atoms with van der Waals surface area (Å²) in [6, 6.07) is 8.52. The minimum absolute atomic E-state index is 0.0897. The number of anilines is 1. The highest BCUT2D eigenvalue weighted by molar-refractivity contribution is 5.43. The Kier molecular flexibility index (Phi) is 4.20. The van der Waals surface area contributed by atoms with Crippen LogP contribution in [0.1, 0.15) is 18.5 Å². The van der Waals surface area contributed by atoms with Crippen molar-refractivity contribution in [1.29, 1.82) is 0 Å². The van der Waals surface area contributed by atoms with E-state index in [4.69, 9.17) is 5.11 Å². The Morgan fingerprint density at radius 2 is 2.09 bits per heavy atom. The first-order chi connectivity index (χ1) is 10.8. The lowest BCUT2D eigenvalue weighted by molar-refractivity contribution is 0.269. The predicted molar refractivity (Wildman–Crippen MR) is 84.9 cm³/mol. The summed E-state index contributed by atoms with van der Waals surface area (Å²) in [4.78, 5) is 4.05. The van der Waals surface area contributed by atoms with Crippen LogP contribution in [0.5, 0.6) is 0 Å². The number of hydrogen-bond donors (Lipinski definition) is 2. The monoisotopic (exact) mass is 297 g/mol.